The molecule has 4 nitrogen and oxygen atoms in total. The van der Waals surface area contributed by atoms with Crippen LogP contribution >= 0.6 is 23.4 Å². The van der Waals surface area contributed by atoms with Gasteiger partial charge >= 0.3 is 0 Å². The van der Waals surface area contributed by atoms with Crippen LogP contribution in [0, 0.1) is 5.92 Å². The van der Waals surface area contributed by atoms with Gasteiger partial charge in [-0.15, -0.1) is 23.4 Å². The summed E-state index contributed by atoms with van der Waals surface area (Å²) >= 11 is 7.46. The maximum atomic E-state index is 12.9. The summed E-state index contributed by atoms with van der Waals surface area (Å²) in [6, 6.07) is 17.4. The summed E-state index contributed by atoms with van der Waals surface area (Å²) in [5, 5.41) is -0.152. The number of thioether (sulfide) groups is 1. The van der Waals surface area contributed by atoms with Gasteiger partial charge < -0.3 is 0 Å². The van der Waals surface area contributed by atoms with Crippen LogP contribution in [0.25, 0.3) is 6.08 Å². The summed E-state index contributed by atoms with van der Waals surface area (Å²) in [6.45, 7) is 1.49. The van der Waals surface area contributed by atoms with Crippen molar-refractivity contribution in [1.29, 1.82) is 0 Å². The molecule has 2 aromatic carbocycles. The van der Waals surface area contributed by atoms with Gasteiger partial charge in [-0.05, 0) is 22.3 Å². The fourth-order valence-corrected chi connectivity index (χ4v) is 5.68. The molecule has 0 aliphatic carbocycles. The molecule has 2 atom stereocenters. The highest BCUT2D eigenvalue weighted by molar-refractivity contribution is 8.00. The van der Waals surface area contributed by atoms with Crippen LogP contribution in [-0.2, 0) is 26.7 Å². The lowest BCUT2D eigenvalue weighted by Crippen LogP contribution is -2.61. The van der Waals surface area contributed by atoms with Crippen LogP contribution in [0.15, 0.2) is 71.9 Å². The Morgan fingerprint density at radius 1 is 1.06 bits per heavy atom. The Hall–Kier alpha value is -2.63. The van der Waals surface area contributed by atoms with E-state index in [1.165, 1.54) is 6.92 Å². The van der Waals surface area contributed by atoms with Crippen LogP contribution < -0.4 is 0 Å². The van der Waals surface area contributed by atoms with Crippen molar-refractivity contribution in [1.82, 2.24) is 4.90 Å². The molecule has 1 amide bonds. The number of hydrogen-bond acceptors (Lipinski definition) is 4. The first-order valence-corrected chi connectivity index (χ1v) is 12.1. The van der Waals surface area contributed by atoms with E-state index in [2.05, 4.69) is 0 Å². The van der Waals surface area contributed by atoms with E-state index < -0.39 is 0 Å². The average Bonchev–Trinajstić information content (AvgIpc) is 2.81. The zero-order valence-electron chi connectivity index (χ0n) is 17.8. The van der Waals surface area contributed by atoms with E-state index in [1.807, 2.05) is 66.7 Å². The zero-order chi connectivity index (χ0) is 22.7. The molecule has 0 aromatic heterocycles. The second kappa shape index (κ2) is 9.88. The summed E-state index contributed by atoms with van der Waals surface area (Å²) in [4.78, 5) is 39.5. The number of amides is 1. The van der Waals surface area contributed by atoms with Crippen molar-refractivity contribution in [3.05, 3.63) is 88.6 Å². The molecule has 2 heterocycles. The van der Waals surface area contributed by atoms with Gasteiger partial charge in [0.2, 0.25) is 5.91 Å². The van der Waals surface area contributed by atoms with E-state index >= 15 is 0 Å². The van der Waals surface area contributed by atoms with Crippen LogP contribution in [0.2, 0.25) is 0 Å². The van der Waals surface area contributed by atoms with Gasteiger partial charge in [0.1, 0.15) is 5.78 Å². The van der Waals surface area contributed by atoms with Crippen molar-refractivity contribution in [2.75, 3.05) is 5.75 Å². The lowest BCUT2D eigenvalue weighted by atomic mass is 9.88. The van der Waals surface area contributed by atoms with Gasteiger partial charge in [-0.1, -0.05) is 66.7 Å². The van der Waals surface area contributed by atoms with Crippen LogP contribution in [0.5, 0.6) is 0 Å². The molecule has 164 valence electrons. The number of alkyl halides is 1. The predicted molar refractivity (Wildman–Crippen MR) is 129 cm³/mol. The fourth-order valence-electron chi connectivity index (χ4n) is 4.12. The summed E-state index contributed by atoms with van der Waals surface area (Å²) in [5.41, 5.74) is 4.29. The number of allylic oxidation sites excluding steroid dienone is 2. The van der Waals surface area contributed by atoms with Crippen molar-refractivity contribution in [2.24, 2.45) is 5.92 Å². The molecule has 2 aromatic rings. The van der Waals surface area contributed by atoms with E-state index in [9.17, 15) is 14.4 Å². The molecular formula is C26H24ClNO3S. The highest BCUT2D eigenvalue weighted by Gasteiger charge is 2.52. The van der Waals surface area contributed by atoms with Crippen LogP contribution in [0.4, 0.5) is 0 Å². The summed E-state index contributed by atoms with van der Waals surface area (Å²) in [5.74, 6) is 0.519. The minimum absolute atomic E-state index is 0.0502. The average molecular weight is 466 g/mol. The predicted octanol–water partition coefficient (Wildman–Crippen LogP) is 5.01. The monoisotopic (exact) mass is 465 g/mol. The molecule has 0 bridgehead atoms. The Labute approximate surface area is 197 Å². The molecule has 1 saturated heterocycles. The first-order chi connectivity index (χ1) is 15.5. The molecule has 4 rings (SSSR count). The molecule has 0 N–H and O–H groups in total. The van der Waals surface area contributed by atoms with Crippen LogP contribution in [-0.4, -0.2) is 33.5 Å². The molecule has 2 aliphatic rings. The number of nitrogens with zero attached hydrogens (tertiary/aromatic N) is 1. The second-order valence-corrected chi connectivity index (χ2v) is 9.43. The summed E-state index contributed by atoms with van der Waals surface area (Å²) in [6.07, 6.45) is 4.40. The normalized spacial score (nSPS) is 20.3. The van der Waals surface area contributed by atoms with E-state index in [0.717, 1.165) is 22.3 Å². The summed E-state index contributed by atoms with van der Waals surface area (Å²) in [7, 11) is 0. The van der Waals surface area contributed by atoms with Crippen LogP contribution in [0.1, 0.15) is 30.0 Å². The van der Waals surface area contributed by atoms with Gasteiger partial charge in [0.05, 0.1) is 17.0 Å². The smallest absolute Gasteiger partial charge is 0.234 e. The molecule has 1 fully saturated rings. The Bertz CT molecular complexity index is 1090. The standard InChI is InChI=1S/C26H24ClNO3S/c1-17(29)24-21(12-11-18-7-9-20(15-27)10-8-18)16-32-26-23(25(31)28(24)26)14-22(30)13-19-5-3-2-4-6-19/h2-12,23,26H,13-16H2,1H3/t23-,26-/m1/s1. The highest BCUT2D eigenvalue weighted by atomic mass is 35.5. The second-order valence-electron chi connectivity index (χ2n) is 8.06. The number of benzene rings is 2. The van der Waals surface area contributed by atoms with Crippen molar-refractivity contribution in [3.8, 4) is 0 Å². The van der Waals surface area contributed by atoms with E-state index in [1.54, 1.807) is 16.7 Å². The lowest BCUT2D eigenvalue weighted by Gasteiger charge is -2.50. The SMILES string of the molecule is CC(=O)C1=C(C=Cc2ccc(CCl)cc2)CS[C@@H]2[C@H](CC(=O)Cc3ccccc3)C(=O)N12. The number of halogens is 1. The number of fused-ring (bicyclic) bond motifs is 1. The van der Waals surface area contributed by atoms with Gasteiger partial charge in [0.25, 0.3) is 0 Å². The molecule has 6 heteroatoms. The summed E-state index contributed by atoms with van der Waals surface area (Å²) < 4.78 is 0. The molecule has 0 radical (unpaired) electrons. The minimum atomic E-state index is -0.362. The Kier molecular flexibility index (Phi) is 6.97. The number of Topliss-reactive ketones (excluding diaryl/α,β-unsaturated/α-hetero) is 2. The van der Waals surface area contributed by atoms with E-state index in [0.29, 0.717) is 23.8 Å². The topological polar surface area (TPSA) is 54.5 Å². The molecule has 0 saturated carbocycles. The van der Waals surface area contributed by atoms with Gasteiger partial charge in [0.15, 0.2) is 5.78 Å². The largest absolute Gasteiger partial charge is 0.299 e. The third-order valence-electron chi connectivity index (χ3n) is 5.74. The number of ketones is 2. The first kappa shape index (κ1) is 22.6. The molecule has 2 aliphatic heterocycles. The van der Waals surface area contributed by atoms with Gasteiger partial charge in [-0.3, -0.25) is 19.3 Å². The Morgan fingerprint density at radius 2 is 1.78 bits per heavy atom. The lowest BCUT2D eigenvalue weighted by molar-refractivity contribution is -0.150. The quantitative estimate of drug-likeness (QED) is 0.406. The fraction of sp³-hybridized carbons (Fsp3) is 0.269. The number of hydrogen-bond donors (Lipinski definition) is 0. The van der Waals surface area contributed by atoms with Gasteiger partial charge in [-0.25, -0.2) is 0 Å². The van der Waals surface area contributed by atoms with Crippen molar-refractivity contribution in [2.45, 2.75) is 31.0 Å². The van der Waals surface area contributed by atoms with Gasteiger partial charge in [0, 0.05) is 31.4 Å². The molecule has 0 unspecified atom stereocenters. The van der Waals surface area contributed by atoms with Crippen molar-refractivity contribution in [3.63, 3.8) is 0 Å². The van der Waals surface area contributed by atoms with E-state index in [4.69, 9.17) is 11.6 Å². The Morgan fingerprint density at radius 3 is 2.44 bits per heavy atom. The molecule has 0 spiro atoms. The van der Waals surface area contributed by atoms with Crippen LogP contribution in [0.3, 0.4) is 0 Å². The first-order valence-electron chi connectivity index (χ1n) is 10.6. The van der Waals surface area contributed by atoms with Crippen molar-refractivity contribution < 1.29 is 14.4 Å². The molecular weight excluding hydrogens is 442 g/mol. The van der Waals surface area contributed by atoms with Gasteiger partial charge in [-0.2, -0.15) is 0 Å². The maximum absolute atomic E-state index is 12.9. The number of carbonyl (C=O) groups excluding carboxylic acids is 3. The Balaban J connectivity index is 1.47. The third kappa shape index (κ3) is 4.74. The minimum Gasteiger partial charge on any atom is -0.299 e. The number of β-lactam (4-membered cyclic amide) rings is 1. The third-order valence-corrected chi connectivity index (χ3v) is 7.41. The zero-order valence-corrected chi connectivity index (χ0v) is 19.4. The highest BCUT2D eigenvalue weighted by Crippen LogP contribution is 2.45. The number of carbonyl (C=O) groups is 3. The maximum Gasteiger partial charge on any atom is 0.234 e. The van der Waals surface area contributed by atoms with Crippen molar-refractivity contribution >= 4 is 46.9 Å². The van der Waals surface area contributed by atoms with E-state index in [-0.39, 0.29) is 35.2 Å². The number of rotatable bonds is 8. The molecule has 32 heavy (non-hydrogen) atoms.